The predicted molar refractivity (Wildman–Crippen MR) is 37.5 cm³/mol. The van der Waals surface area contributed by atoms with Crippen molar-refractivity contribution in [2.24, 2.45) is 0 Å². The standard InChI is InChI=1S/C6H13NO4/c1-4(9)5(10)7-6(2,11)3-8/h4,8-9,11H,3H2,1-2H3,(H,7,10). The van der Waals surface area contributed by atoms with Gasteiger partial charge in [-0.05, 0) is 13.8 Å². The first kappa shape index (κ1) is 10.3. The van der Waals surface area contributed by atoms with E-state index in [2.05, 4.69) is 0 Å². The van der Waals surface area contributed by atoms with Crippen molar-refractivity contribution in [3.63, 3.8) is 0 Å². The Morgan fingerprint density at radius 2 is 2.18 bits per heavy atom. The largest absolute Gasteiger partial charge is 0.391 e. The fourth-order valence-corrected chi connectivity index (χ4v) is 0.409. The predicted octanol–water partition coefficient (Wildman–Crippen LogP) is -1.82. The van der Waals surface area contributed by atoms with Gasteiger partial charge in [-0.15, -0.1) is 0 Å². The third-order valence-electron chi connectivity index (χ3n) is 1.08. The molecule has 0 bridgehead atoms. The van der Waals surface area contributed by atoms with Crippen LogP contribution in [0.3, 0.4) is 0 Å². The zero-order valence-electron chi connectivity index (χ0n) is 6.53. The summed E-state index contributed by atoms with van der Waals surface area (Å²) in [6.45, 7) is 1.90. The van der Waals surface area contributed by atoms with E-state index in [1.165, 1.54) is 13.8 Å². The van der Waals surface area contributed by atoms with Gasteiger partial charge in [0.05, 0.1) is 6.61 Å². The number of rotatable bonds is 3. The lowest BCUT2D eigenvalue weighted by atomic mass is 10.2. The van der Waals surface area contributed by atoms with Gasteiger partial charge in [-0.25, -0.2) is 0 Å². The summed E-state index contributed by atoms with van der Waals surface area (Å²) in [5.41, 5.74) is -1.66. The van der Waals surface area contributed by atoms with Crippen molar-refractivity contribution in [2.75, 3.05) is 6.61 Å². The van der Waals surface area contributed by atoms with Crippen molar-refractivity contribution >= 4 is 5.91 Å². The number of hydrogen-bond acceptors (Lipinski definition) is 4. The van der Waals surface area contributed by atoms with Gasteiger partial charge in [0.2, 0.25) is 0 Å². The molecule has 0 radical (unpaired) electrons. The number of carbonyl (C=O) groups excluding carboxylic acids is 1. The molecule has 1 amide bonds. The van der Waals surface area contributed by atoms with Crippen molar-refractivity contribution in [3.8, 4) is 0 Å². The molecule has 2 atom stereocenters. The Labute approximate surface area is 64.7 Å². The molecule has 0 spiro atoms. The lowest BCUT2D eigenvalue weighted by Gasteiger charge is -2.22. The summed E-state index contributed by atoms with van der Waals surface area (Å²) < 4.78 is 0. The highest BCUT2D eigenvalue weighted by molar-refractivity contribution is 5.80. The second kappa shape index (κ2) is 3.66. The molecule has 2 unspecified atom stereocenters. The fourth-order valence-electron chi connectivity index (χ4n) is 0.409. The number of nitrogens with one attached hydrogen (secondary N) is 1. The van der Waals surface area contributed by atoms with Crippen LogP contribution >= 0.6 is 0 Å². The van der Waals surface area contributed by atoms with Gasteiger partial charge in [-0.3, -0.25) is 4.79 Å². The van der Waals surface area contributed by atoms with Gasteiger partial charge in [-0.1, -0.05) is 0 Å². The van der Waals surface area contributed by atoms with E-state index in [4.69, 9.17) is 15.3 Å². The van der Waals surface area contributed by atoms with Crippen LogP contribution in [0.4, 0.5) is 0 Å². The molecule has 0 saturated heterocycles. The Bertz CT molecular complexity index is 144. The van der Waals surface area contributed by atoms with E-state index in [1.54, 1.807) is 0 Å². The highest BCUT2D eigenvalue weighted by Crippen LogP contribution is 1.95. The van der Waals surface area contributed by atoms with Crippen LogP contribution in [0, 0.1) is 0 Å². The van der Waals surface area contributed by atoms with Crippen LogP contribution in [-0.2, 0) is 4.79 Å². The molecule has 66 valence electrons. The van der Waals surface area contributed by atoms with E-state index in [0.29, 0.717) is 0 Å². The first-order valence-corrected chi connectivity index (χ1v) is 3.22. The second-order valence-electron chi connectivity index (χ2n) is 2.60. The summed E-state index contributed by atoms with van der Waals surface area (Å²) in [4.78, 5) is 10.7. The topological polar surface area (TPSA) is 89.8 Å². The quantitative estimate of drug-likeness (QED) is 0.369. The van der Waals surface area contributed by atoms with Crippen LogP contribution in [0.2, 0.25) is 0 Å². The first-order chi connectivity index (χ1) is 4.89. The van der Waals surface area contributed by atoms with Crippen LogP contribution < -0.4 is 5.32 Å². The number of aliphatic hydroxyl groups is 3. The zero-order chi connectivity index (χ0) is 9.07. The van der Waals surface area contributed by atoms with Crippen LogP contribution in [-0.4, -0.2) is 39.7 Å². The Hall–Kier alpha value is -0.650. The average molecular weight is 163 g/mol. The molecule has 0 aromatic heterocycles. The van der Waals surface area contributed by atoms with Crippen LogP contribution in [0.1, 0.15) is 13.8 Å². The first-order valence-electron chi connectivity index (χ1n) is 3.22. The summed E-state index contributed by atoms with van der Waals surface area (Å²) in [5.74, 6) is -0.718. The van der Waals surface area contributed by atoms with Gasteiger partial charge in [0.1, 0.15) is 6.10 Å². The molecule has 5 heteroatoms. The maximum absolute atomic E-state index is 10.7. The summed E-state index contributed by atoms with van der Waals surface area (Å²) in [5, 5.41) is 28.2. The SMILES string of the molecule is CC(O)C(=O)NC(C)(O)CO. The molecule has 0 rings (SSSR count). The van der Waals surface area contributed by atoms with Crippen molar-refractivity contribution in [1.82, 2.24) is 5.32 Å². The molecule has 0 aliphatic carbocycles. The molecule has 0 saturated carbocycles. The molecular formula is C6H13NO4. The van der Waals surface area contributed by atoms with Gasteiger partial charge in [0.25, 0.3) is 5.91 Å². The minimum absolute atomic E-state index is 0.592. The molecule has 0 aliphatic heterocycles. The Kier molecular flexibility index (Phi) is 3.44. The van der Waals surface area contributed by atoms with E-state index in [9.17, 15) is 4.79 Å². The molecule has 0 aromatic carbocycles. The molecule has 0 fully saturated rings. The lowest BCUT2D eigenvalue weighted by Crippen LogP contribution is -2.51. The lowest BCUT2D eigenvalue weighted by molar-refractivity contribution is -0.137. The molecule has 4 N–H and O–H groups in total. The Morgan fingerprint density at radius 1 is 1.73 bits per heavy atom. The van der Waals surface area contributed by atoms with Crippen molar-refractivity contribution < 1.29 is 20.1 Å². The van der Waals surface area contributed by atoms with E-state index in [1.807, 2.05) is 5.32 Å². The van der Waals surface area contributed by atoms with Crippen LogP contribution in [0.25, 0.3) is 0 Å². The highest BCUT2D eigenvalue weighted by atomic mass is 16.4. The van der Waals surface area contributed by atoms with E-state index in [-0.39, 0.29) is 0 Å². The van der Waals surface area contributed by atoms with E-state index in [0.717, 1.165) is 0 Å². The van der Waals surface area contributed by atoms with Gasteiger partial charge < -0.3 is 20.6 Å². The van der Waals surface area contributed by atoms with Crippen molar-refractivity contribution in [1.29, 1.82) is 0 Å². The maximum Gasteiger partial charge on any atom is 0.250 e. The minimum Gasteiger partial charge on any atom is -0.391 e. The third-order valence-corrected chi connectivity index (χ3v) is 1.08. The monoisotopic (exact) mass is 163 g/mol. The van der Waals surface area contributed by atoms with Gasteiger partial charge in [-0.2, -0.15) is 0 Å². The second-order valence-corrected chi connectivity index (χ2v) is 2.60. The fraction of sp³-hybridized carbons (Fsp3) is 0.833. The molecule has 0 aliphatic rings. The zero-order valence-corrected chi connectivity index (χ0v) is 6.53. The van der Waals surface area contributed by atoms with E-state index >= 15 is 0 Å². The highest BCUT2D eigenvalue weighted by Gasteiger charge is 2.23. The van der Waals surface area contributed by atoms with Gasteiger partial charge in [0, 0.05) is 0 Å². The average Bonchev–Trinajstić information content (AvgIpc) is 1.87. The number of amides is 1. The Balaban J connectivity index is 3.94. The third kappa shape index (κ3) is 3.92. The van der Waals surface area contributed by atoms with Crippen molar-refractivity contribution in [3.05, 3.63) is 0 Å². The summed E-state index contributed by atoms with van der Waals surface area (Å²) >= 11 is 0. The van der Waals surface area contributed by atoms with Crippen molar-refractivity contribution in [2.45, 2.75) is 25.7 Å². The van der Waals surface area contributed by atoms with Crippen LogP contribution in [0.15, 0.2) is 0 Å². The van der Waals surface area contributed by atoms with Crippen LogP contribution in [0.5, 0.6) is 0 Å². The minimum atomic E-state index is -1.66. The number of aliphatic hydroxyl groups excluding tert-OH is 2. The van der Waals surface area contributed by atoms with E-state index < -0.39 is 24.3 Å². The normalized spacial score (nSPS) is 18.6. The number of carbonyl (C=O) groups is 1. The Morgan fingerprint density at radius 3 is 2.45 bits per heavy atom. The summed E-state index contributed by atoms with van der Waals surface area (Å²) in [6, 6.07) is 0. The number of hydrogen-bond donors (Lipinski definition) is 4. The van der Waals surface area contributed by atoms with Gasteiger partial charge >= 0.3 is 0 Å². The maximum atomic E-state index is 10.7. The molecule has 0 aromatic rings. The molecule has 11 heavy (non-hydrogen) atoms. The van der Waals surface area contributed by atoms with Gasteiger partial charge in [0.15, 0.2) is 5.72 Å². The molecular weight excluding hydrogens is 150 g/mol. The molecule has 0 heterocycles. The smallest absolute Gasteiger partial charge is 0.250 e. The summed E-state index contributed by atoms with van der Waals surface area (Å²) in [6.07, 6.45) is -1.19. The molecule has 5 nitrogen and oxygen atoms in total. The summed E-state index contributed by atoms with van der Waals surface area (Å²) in [7, 11) is 0.